The van der Waals surface area contributed by atoms with Crippen molar-refractivity contribution in [3.8, 4) is 11.5 Å². The monoisotopic (exact) mass is 249 g/mol. The summed E-state index contributed by atoms with van der Waals surface area (Å²) in [5.74, 6) is 1.70. The summed E-state index contributed by atoms with van der Waals surface area (Å²) < 4.78 is 16.3. The molecule has 96 valence electrons. The van der Waals surface area contributed by atoms with Crippen molar-refractivity contribution in [2.45, 2.75) is 6.10 Å². The number of nitrogens with zero attached hydrogens (tertiary/aromatic N) is 1. The number of hydrogen-bond acceptors (Lipinski definition) is 5. The minimum atomic E-state index is -0.127. The van der Waals surface area contributed by atoms with Gasteiger partial charge >= 0.3 is 0 Å². The number of methoxy groups -OCH3 is 2. The molecule has 2 heterocycles. The van der Waals surface area contributed by atoms with Crippen LogP contribution in [0.2, 0.25) is 0 Å². The highest BCUT2D eigenvalue weighted by molar-refractivity contribution is 5.94. The topological polar surface area (TPSA) is 49.3 Å². The van der Waals surface area contributed by atoms with Gasteiger partial charge in [0.25, 0.3) is 0 Å². The molecule has 2 unspecified atom stereocenters. The van der Waals surface area contributed by atoms with Gasteiger partial charge in [0.1, 0.15) is 12.7 Å². The molecule has 0 saturated carbocycles. The third-order valence-corrected chi connectivity index (χ3v) is 3.31. The van der Waals surface area contributed by atoms with Crippen LogP contribution in [0.15, 0.2) is 23.4 Å². The Kier molecular flexibility index (Phi) is 2.83. The summed E-state index contributed by atoms with van der Waals surface area (Å²) in [5.41, 5.74) is 1.99. The van der Waals surface area contributed by atoms with Crippen molar-refractivity contribution in [1.29, 1.82) is 0 Å². The molecule has 3 rings (SSSR count). The SMILES string of the molecule is COc1ccc(C2OCC3CON=C32)cc1OC. The first-order chi connectivity index (χ1) is 8.83. The Labute approximate surface area is 105 Å². The highest BCUT2D eigenvalue weighted by atomic mass is 16.6. The molecule has 1 saturated heterocycles. The van der Waals surface area contributed by atoms with E-state index in [1.54, 1.807) is 14.2 Å². The third kappa shape index (κ3) is 1.71. The van der Waals surface area contributed by atoms with E-state index in [1.807, 2.05) is 18.2 Å². The van der Waals surface area contributed by atoms with E-state index in [-0.39, 0.29) is 6.10 Å². The van der Waals surface area contributed by atoms with Gasteiger partial charge in [-0.3, -0.25) is 0 Å². The molecule has 0 radical (unpaired) electrons. The fraction of sp³-hybridized carbons (Fsp3) is 0.462. The first-order valence-electron chi connectivity index (χ1n) is 5.86. The molecule has 5 nitrogen and oxygen atoms in total. The van der Waals surface area contributed by atoms with E-state index in [0.29, 0.717) is 30.6 Å². The van der Waals surface area contributed by atoms with Crippen molar-refractivity contribution in [1.82, 2.24) is 0 Å². The van der Waals surface area contributed by atoms with Crippen LogP contribution in [0.25, 0.3) is 0 Å². The van der Waals surface area contributed by atoms with E-state index in [2.05, 4.69) is 5.16 Å². The molecule has 1 aromatic carbocycles. The highest BCUT2D eigenvalue weighted by Crippen LogP contribution is 2.37. The molecule has 0 amide bonds. The van der Waals surface area contributed by atoms with Gasteiger partial charge in [0.15, 0.2) is 11.5 Å². The van der Waals surface area contributed by atoms with E-state index >= 15 is 0 Å². The van der Waals surface area contributed by atoms with Gasteiger partial charge in [-0.2, -0.15) is 0 Å². The first-order valence-corrected chi connectivity index (χ1v) is 5.86. The first kappa shape index (κ1) is 11.3. The third-order valence-electron chi connectivity index (χ3n) is 3.31. The van der Waals surface area contributed by atoms with Crippen molar-refractivity contribution >= 4 is 5.71 Å². The van der Waals surface area contributed by atoms with Crippen LogP contribution in [0.3, 0.4) is 0 Å². The van der Waals surface area contributed by atoms with Gasteiger partial charge in [0.05, 0.1) is 32.5 Å². The number of ether oxygens (including phenoxy) is 3. The molecule has 1 fully saturated rings. The average Bonchev–Trinajstić information content (AvgIpc) is 3.00. The van der Waals surface area contributed by atoms with E-state index in [4.69, 9.17) is 19.0 Å². The maximum Gasteiger partial charge on any atom is 0.161 e. The molecule has 0 aromatic heterocycles. The van der Waals surface area contributed by atoms with Crippen molar-refractivity contribution in [3.05, 3.63) is 23.8 Å². The Morgan fingerprint density at radius 2 is 2.00 bits per heavy atom. The Morgan fingerprint density at radius 1 is 1.17 bits per heavy atom. The molecule has 2 atom stereocenters. The minimum Gasteiger partial charge on any atom is -0.493 e. The van der Waals surface area contributed by atoms with Crippen LogP contribution in [-0.2, 0) is 9.57 Å². The molecular weight excluding hydrogens is 234 g/mol. The van der Waals surface area contributed by atoms with Gasteiger partial charge in [-0.05, 0) is 17.7 Å². The zero-order valence-corrected chi connectivity index (χ0v) is 10.4. The normalized spacial score (nSPS) is 25.3. The number of oxime groups is 1. The number of hydrogen-bond donors (Lipinski definition) is 0. The molecule has 5 heteroatoms. The van der Waals surface area contributed by atoms with Crippen LogP contribution in [0.1, 0.15) is 11.7 Å². The Balaban J connectivity index is 1.93. The summed E-state index contributed by atoms with van der Waals surface area (Å²) in [5, 5.41) is 4.07. The molecular formula is C13H15NO4. The van der Waals surface area contributed by atoms with Crippen LogP contribution in [-0.4, -0.2) is 33.1 Å². The molecule has 2 aliphatic heterocycles. The van der Waals surface area contributed by atoms with Crippen molar-refractivity contribution in [2.24, 2.45) is 11.1 Å². The quantitative estimate of drug-likeness (QED) is 0.819. The Morgan fingerprint density at radius 3 is 2.78 bits per heavy atom. The summed E-state index contributed by atoms with van der Waals surface area (Å²) >= 11 is 0. The zero-order chi connectivity index (χ0) is 12.5. The summed E-state index contributed by atoms with van der Waals surface area (Å²) in [7, 11) is 3.24. The second kappa shape index (κ2) is 4.49. The second-order valence-corrected chi connectivity index (χ2v) is 4.34. The van der Waals surface area contributed by atoms with Crippen LogP contribution >= 0.6 is 0 Å². The van der Waals surface area contributed by atoms with Crippen molar-refractivity contribution in [3.63, 3.8) is 0 Å². The number of fused-ring (bicyclic) bond motifs is 1. The smallest absolute Gasteiger partial charge is 0.161 e. The fourth-order valence-electron chi connectivity index (χ4n) is 2.34. The number of benzene rings is 1. The average molecular weight is 249 g/mol. The Bertz CT molecular complexity index is 486. The molecule has 2 aliphatic rings. The lowest BCUT2D eigenvalue weighted by atomic mass is 9.99. The largest absolute Gasteiger partial charge is 0.493 e. The minimum absolute atomic E-state index is 0.127. The maximum absolute atomic E-state index is 5.77. The molecule has 0 aliphatic carbocycles. The summed E-state index contributed by atoms with van der Waals surface area (Å²) in [6, 6.07) is 5.77. The fourth-order valence-corrected chi connectivity index (χ4v) is 2.34. The summed E-state index contributed by atoms with van der Waals surface area (Å²) in [4.78, 5) is 5.12. The van der Waals surface area contributed by atoms with Crippen molar-refractivity contribution < 1.29 is 19.0 Å². The lowest BCUT2D eigenvalue weighted by Crippen LogP contribution is -2.12. The lowest BCUT2D eigenvalue weighted by molar-refractivity contribution is 0.0791. The van der Waals surface area contributed by atoms with E-state index in [0.717, 1.165) is 11.3 Å². The molecule has 0 spiro atoms. The van der Waals surface area contributed by atoms with Gasteiger partial charge in [-0.25, -0.2) is 0 Å². The predicted molar refractivity (Wildman–Crippen MR) is 65.1 cm³/mol. The van der Waals surface area contributed by atoms with Gasteiger partial charge in [0.2, 0.25) is 0 Å². The summed E-state index contributed by atoms with van der Waals surface area (Å²) in [6.07, 6.45) is -0.127. The zero-order valence-electron chi connectivity index (χ0n) is 10.4. The molecule has 0 N–H and O–H groups in total. The predicted octanol–water partition coefficient (Wildman–Crippen LogP) is 1.78. The lowest BCUT2D eigenvalue weighted by Gasteiger charge is -2.13. The van der Waals surface area contributed by atoms with Crippen LogP contribution in [0, 0.1) is 5.92 Å². The van der Waals surface area contributed by atoms with E-state index < -0.39 is 0 Å². The summed E-state index contributed by atoms with van der Waals surface area (Å²) in [6.45, 7) is 1.29. The molecule has 1 aromatic rings. The van der Waals surface area contributed by atoms with Gasteiger partial charge < -0.3 is 19.0 Å². The second-order valence-electron chi connectivity index (χ2n) is 4.34. The molecule has 0 bridgehead atoms. The van der Waals surface area contributed by atoms with Crippen LogP contribution in [0.4, 0.5) is 0 Å². The van der Waals surface area contributed by atoms with Crippen LogP contribution in [0.5, 0.6) is 11.5 Å². The van der Waals surface area contributed by atoms with Gasteiger partial charge in [-0.1, -0.05) is 11.2 Å². The molecule has 18 heavy (non-hydrogen) atoms. The maximum atomic E-state index is 5.77. The highest BCUT2D eigenvalue weighted by Gasteiger charge is 2.38. The van der Waals surface area contributed by atoms with Gasteiger partial charge in [-0.15, -0.1) is 0 Å². The Hall–Kier alpha value is -1.75. The van der Waals surface area contributed by atoms with E-state index in [1.165, 1.54) is 0 Å². The van der Waals surface area contributed by atoms with Crippen LogP contribution < -0.4 is 9.47 Å². The van der Waals surface area contributed by atoms with E-state index in [9.17, 15) is 0 Å². The standard InChI is InChI=1S/C13H15NO4/c1-15-10-4-3-8(5-11(10)16-2)13-12-9(6-17-13)7-18-14-12/h3-5,9,13H,6-7H2,1-2H3. The van der Waals surface area contributed by atoms with Crippen molar-refractivity contribution in [2.75, 3.05) is 27.4 Å². The number of rotatable bonds is 3. The van der Waals surface area contributed by atoms with Gasteiger partial charge in [0, 0.05) is 0 Å².